The Labute approximate surface area is 118 Å². The Kier molecular flexibility index (Phi) is 3.37. The Morgan fingerprint density at radius 2 is 1.65 bits per heavy atom. The fourth-order valence-corrected chi connectivity index (χ4v) is 2.37. The molecule has 2 N–H and O–H groups in total. The van der Waals surface area contributed by atoms with Gasteiger partial charge in [-0.15, -0.1) is 0 Å². The van der Waals surface area contributed by atoms with Gasteiger partial charge < -0.3 is 15.5 Å². The fourth-order valence-electron chi connectivity index (χ4n) is 2.37. The number of nitrogen functional groups attached to an aromatic ring is 1. The number of aryl methyl sites for hydroxylation is 1. The molecule has 0 amide bonds. The van der Waals surface area contributed by atoms with E-state index in [0.29, 0.717) is 5.69 Å². The monoisotopic (exact) mass is 270 g/mol. The molecule has 2 aromatic rings. The second kappa shape index (κ2) is 5.32. The van der Waals surface area contributed by atoms with Crippen LogP contribution in [0, 0.1) is 6.92 Å². The Morgan fingerprint density at radius 3 is 2.25 bits per heavy atom. The molecule has 0 saturated carbocycles. The summed E-state index contributed by atoms with van der Waals surface area (Å²) < 4.78 is 0. The highest BCUT2D eigenvalue weighted by Crippen LogP contribution is 2.17. The summed E-state index contributed by atoms with van der Waals surface area (Å²) in [4.78, 5) is 17.5. The first-order valence-electron chi connectivity index (χ1n) is 6.73. The Hall–Kier alpha value is -2.37. The van der Waals surface area contributed by atoms with E-state index in [0.717, 1.165) is 43.6 Å². The number of piperazine rings is 1. The smallest absolute Gasteiger partial charge is 0.132 e. The van der Waals surface area contributed by atoms with Crippen LogP contribution in [0.3, 0.4) is 0 Å². The van der Waals surface area contributed by atoms with Gasteiger partial charge in [0.1, 0.15) is 17.5 Å². The molecule has 0 bridgehead atoms. The highest BCUT2D eigenvalue weighted by Gasteiger charge is 2.19. The average molecular weight is 270 g/mol. The number of anilines is 3. The van der Waals surface area contributed by atoms with Crippen molar-refractivity contribution in [2.24, 2.45) is 0 Å². The molecule has 1 fully saturated rings. The number of nitrogens with two attached hydrogens (primary N) is 1. The minimum absolute atomic E-state index is 0.698. The number of rotatable bonds is 2. The van der Waals surface area contributed by atoms with Gasteiger partial charge in [-0.2, -0.15) is 0 Å². The molecule has 104 valence electrons. The molecule has 0 aliphatic carbocycles. The molecule has 0 spiro atoms. The summed E-state index contributed by atoms with van der Waals surface area (Å²) in [7, 11) is 0. The maximum atomic E-state index is 5.66. The molecule has 0 aromatic carbocycles. The zero-order valence-electron chi connectivity index (χ0n) is 11.5. The van der Waals surface area contributed by atoms with Crippen LogP contribution in [0.5, 0.6) is 0 Å². The van der Waals surface area contributed by atoms with Gasteiger partial charge in [-0.05, 0) is 25.1 Å². The van der Waals surface area contributed by atoms with Crippen LogP contribution < -0.4 is 15.5 Å². The Balaban J connectivity index is 1.66. The summed E-state index contributed by atoms with van der Waals surface area (Å²) >= 11 is 0. The minimum atomic E-state index is 0.698. The van der Waals surface area contributed by atoms with Crippen LogP contribution >= 0.6 is 0 Å². The van der Waals surface area contributed by atoms with Gasteiger partial charge in [-0.3, -0.25) is 0 Å². The third-order valence-corrected chi connectivity index (χ3v) is 3.46. The molecule has 3 heterocycles. The van der Waals surface area contributed by atoms with Crippen LogP contribution in [-0.4, -0.2) is 41.1 Å². The molecule has 6 nitrogen and oxygen atoms in total. The van der Waals surface area contributed by atoms with Gasteiger partial charge in [0.05, 0.1) is 11.9 Å². The maximum absolute atomic E-state index is 5.66. The van der Waals surface area contributed by atoms with E-state index >= 15 is 0 Å². The summed E-state index contributed by atoms with van der Waals surface area (Å²) in [6, 6.07) is 5.83. The third-order valence-electron chi connectivity index (χ3n) is 3.46. The maximum Gasteiger partial charge on any atom is 0.132 e. The van der Waals surface area contributed by atoms with Crippen molar-refractivity contribution in [3.05, 3.63) is 36.4 Å². The number of aromatic nitrogens is 3. The summed E-state index contributed by atoms with van der Waals surface area (Å²) in [5, 5.41) is 0. The first-order valence-corrected chi connectivity index (χ1v) is 6.73. The standard InChI is InChI=1S/C14H18N6/c1-11-16-5-4-14(18-11)20-8-6-19(7-9-20)13-3-2-12(15)10-17-13/h2-5,10H,6-9,15H2,1H3. The van der Waals surface area contributed by atoms with E-state index in [1.54, 1.807) is 6.20 Å². The fraction of sp³-hybridized carbons (Fsp3) is 0.357. The number of pyridine rings is 1. The van der Waals surface area contributed by atoms with Crippen molar-refractivity contribution in [3.63, 3.8) is 0 Å². The van der Waals surface area contributed by atoms with Crippen molar-refractivity contribution in [3.8, 4) is 0 Å². The van der Waals surface area contributed by atoms with E-state index in [2.05, 4.69) is 24.8 Å². The van der Waals surface area contributed by atoms with Crippen molar-refractivity contribution in [1.29, 1.82) is 0 Å². The van der Waals surface area contributed by atoms with E-state index in [1.807, 2.05) is 31.3 Å². The van der Waals surface area contributed by atoms with Gasteiger partial charge >= 0.3 is 0 Å². The lowest BCUT2D eigenvalue weighted by Crippen LogP contribution is -2.47. The average Bonchev–Trinajstić information content (AvgIpc) is 2.48. The van der Waals surface area contributed by atoms with E-state index < -0.39 is 0 Å². The molecule has 3 rings (SSSR count). The normalized spacial score (nSPS) is 15.4. The molecule has 0 unspecified atom stereocenters. The van der Waals surface area contributed by atoms with Crippen molar-refractivity contribution < 1.29 is 0 Å². The minimum Gasteiger partial charge on any atom is -0.397 e. The molecule has 0 atom stereocenters. The zero-order chi connectivity index (χ0) is 13.9. The predicted octanol–water partition coefficient (Wildman–Crippen LogP) is 1.09. The van der Waals surface area contributed by atoms with E-state index in [-0.39, 0.29) is 0 Å². The van der Waals surface area contributed by atoms with E-state index in [1.165, 1.54) is 0 Å². The van der Waals surface area contributed by atoms with Gasteiger partial charge in [-0.1, -0.05) is 0 Å². The lowest BCUT2D eigenvalue weighted by molar-refractivity contribution is 0.640. The van der Waals surface area contributed by atoms with Gasteiger partial charge in [0.25, 0.3) is 0 Å². The van der Waals surface area contributed by atoms with Crippen LogP contribution in [0.2, 0.25) is 0 Å². The Morgan fingerprint density at radius 1 is 0.950 bits per heavy atom. The highest BCUT2D eigenvalue weighted by molar-refractivity contribution is 5.48. The quantitative estimate of drug-likeness (QED) is 0.880. The summed E-state index contributed by atoms with van der Waals surface area (Å²) in [5.41, 5.74) is 6.36. The van der Waals surface area contributed by atoms with Gasteiger partial charge in [0.15, 0.2) is 0 Å². The molecule has 1 aliphatic heterocycles. The van der Waals surface area contributed by atoms with Gasteiger partial charge in [-0.25, -0.2) is 15.0 Å². The van der Waals surface area contributed by atoms with E-state index in [9.17, 15) is 0 Å². The summed E-state index contributed by atoms with van der Waals surface area (Å²) in [5.74, 6) is 2.80. The molecule has 0 radical (unpaired) electrons. The van der Waals surface area contributed by atoms with Gasteiger partial charge in [0, 0.05) is 32.4 Å². The molecule has 20 heavy (non-hydrogen) atoms. The lowest BCUT2D eigenvalue weighted by Gasteiger charge is -2.36. The second-order valence-electron chi connectivity index (χ2n) is 4.89. The number of nitrogens with zero attached hydrogens (tertiary/aromatic N) is 5. The van der Waals surface area contributed by atoms with Crippen molar-refractivity contribution in [1.82, 2.24) is 15.0 Å². The molecule has 6 heteroatoms. The molecule has 1 aliphatic rings. The summed E-state index contributed by atoms with van der Waals surface area (Å²) in [6.07, 6.45) is 3.51. The summed E-state index contributed by atoms with van der Waals surface area (Å²) in [6.45, 7) is 5.64. The predicted molar refractivity (Wildman–Crippen MR) is 79.8 cm³/mol. The highest BCUT2D eigenvalue weighted by atomic mass is 15.3. The lowest BCUT2D eigenvalue weighted by atomic mass is 10.3. The first-order chi connectivity index (χ1) is 9.72. The van der Waals surface area contributed by atoms with E-state index in [4.69, 9.17) is 5.73 Å². The number of hydrogen-bond acceptors (Lipinski definition) is 6. The van der Waals surface area contributed by atoms with Gasteiger partial charge in [0.2, 0.25) is 0 Å². The third kappa shape index (κ3) is 2.64. The topological polar surface area (TPSA) is 71.2 Å². The molecular weight excluding hydrogens is 252 g/mol. The molecule has 2 aromatic heterocycles. The van der Waals surface area contributed by atoms with Crippen LogP contribution in [0.15, 0.2) is 30.6 Å². The van der Waals surface area contributed by atoms with Crippen LogP contribution in [-0.2, 0) is 0 Å². The molecule has 1 saturated heterocycles. The Bertz CT molecular complexity index is 574. The van der Waals surface area contributed by atoms with Crippen LogP contribution in [0.25, 0.3) is 0 Å². The van der Waals surface area contributed by atoms with Crippen LogP contribution in [0.4, 0.5) is 17.3 Å². The second-order valence-corrected chi connectivity index (χ2v) is 4.89. The van der Waals surface area contributed by atoms with Crippen molar-refractivity contribution in [2.45, 2.75) is 6.92 Å². The largest absolute Gasteiger partial charge is 0.397 e. The first kappa shape index (κ1) is 12.7. The molecular formula is C14H18N6. The number of hydrogen-bond donors (Lipinski definition) is 1. The van der Waals surface area contributed by atoms with Crippen molar-refractivity contribution >= 4 is 17.3 Å². The SMILES string of the molecule is Cc1nccc(N2CCN(c3ccc(N)cn3)CC2)n1. The zero-order valence-corrected chi connectivity index (χ0v) is 11.5. The van der Waals surface area contributed by atoms with Crippen LogP contribution in [0.1, 0.15) is 5.82 Å². The van der Waals surface area contributed by atoms with Crippen molar-refractivity contribution in [2.75, 3.05) is 41.7 Å².